The smallest absolute Gasteiger partial charge is 0.337 e. The average molecular weight is 263 g/mol. The molecule has 19 heavy (non-hydrogen) atoms. The van der Waals surface area contributed by atoms with Crippen LogP contribution in [0.25, 0.3) is 0 Å². The van der Waals surface area contributed by atoms with Crippen LogP contribution in [0.15, 0.2) is 29.3 Å². The molecule has 0 atom stereocenters. The number of aliphatic imine (C=N–C) groups is 1. The Hall–Kier alpha value is -2.04. The van der Waals surface area contributed by atoms with Gasteiger partial charge in [-0.3, -0.25) is 0 Å². The van der Waals surface area contributed by atoms with E-state index in [0.29, 0.717) is 18.1 Å². The minimum Gasteiger partial charge on any atom is -0.465 e. The molecule has 0 heterocycles. The van der Waals surface area contributed by atoms with Crippen LogP contribution in [0.4, 0.5) is 0 Å². The van der Waals surface area contributed by atoms with Gasteiger partial charge in [0, 0.05) is 13.1 Å². The summed E-state index contributed by atoms with van der Waals surface area (Å²) in [5.41, 5.74) is 7.35. The zero-order valence-electron chi connectivity index (χ0n) is 11.7. The van der Waals surface area contributed by atoms with Gasteiger partial charge in [0.2, 0.25) is 0 Å². The second kappa shape index (κ2) is 7.41. The summed E-state index contributed by atoms with van der Waals surface area (Å²) in [5.74, 6) is 0.177. The molecule has 0 saturated heterocycles. The van der Waals surface area contributed by atoms with E-state index >= 15 is 0 Å². The minimum absolute atomic E-state index is 0.345. The number of rotatable bonds is 5. The van der Waals surface area contributed by atoms with Crippen LogP contribution in [-0.4, -0.2) is 37.0 Å². The molecule has 0 aliphatic carbocycles. The highest BCUT2D eigenvalue weighted by Gasteiger charge is 2.06. The summed E-state index contributed by atoms with van der Waals surface area (Å²) in [6.07, 6.45) is 0. The van der Waals surface area contributed by atoms with Crippen molar-refractivity contribution < 1.29 is 9.53 Å². The maximum absolute atomic E-state index is 11.4. The molecule has 0 saturated carbocycles. The highest BCUT2D eigenvalue weighted by Crippen LogP contribution is 2.08. The summed E-state index contributed by atoms with van der Waals surface area (Å²) in [4.78, 5) is 17.7. The first-order valence-corrected chi connectivity index (χ1v) is 6.34. The second-order valence-electron chi connectivity index (χ2n) is 4.04. The van der Waals surface area contributed by atoms with Gasteiger partial charge >= 0.3 is 5.97 Å². The van der Waals surface area contributed by atoms with E-state index in [1.165, 1.54) is 7.11 Å². The van der Waals surface area contributed by atoms with Crippen LogP contribution in [0.3, 0.4) is 0 Å². The Morgan fingerprint density at radius 3 is 2.63 bits per heavy atom. The molecule has 0 aromatic heterocycles. The molecule has 1 aromatic rings. The zero-order chi connectivity index (χ0) is 14.3. The summed E-state index contributed by atoms with van der Waals surface area (Å²) in [5, 5.41) is 0. The van der Waals surface area contributed by atoms with E-state index in [1.807, 2.05) is 30.9 Å². The van der Waals surface area contributed by atoms with Crippen molar-refractivity contribution in [2.24, 2.45) is 10.7 Å². The first-order chi connectivity index (χ1) is 9.12. The normalized spacial score (nSPS) is 11.2. The molecular weight excluding hydrogens is 242 g/mol. The molecule has 5 nitrogen and oxygen atoms in total. The Balaban J connectivity index is 2.77. The third-order valence-corrected chi connectivity index (χ3v) is 2.86. The van der Waals surface area contributed by atoms with Gasteiger partial charge in [-0.2, -0.15) is 0 Å². The van der Waals surface area contributed by atoms with Crippen LogP contribution in [0.2, 0.25) is 0 Å². The number of nitrogens with two attached hydrogens (primary N) is 1. The highest BCUT2D eigenvalue weighted by atomic mass is 16.5. The predicted molar refractivity (Wildman–Crippen MR) is 76.0 cm³/mol. The van der Waals surface area contributed by atoms with E-state index in [4.69, 9.17) is 5.73 Å². The molecule has 0 aliphatic heterocycles. The van der Waals surface area contributed by atoms with Crippen LogP contribution in [-0.2, 0) is 11.3 Å². The van der Waals surface area contributed by atoms with Gasteiger partial charge in [-0.15, -0.1) is 0 Å². The van der Waals surface area contributed by atoms with Crippen molar-refractivity contribution in [2.75, 3.05) is 20.2 Å². The molecule has 2 N–H and O–H groups in total. The van der Waals surface area contributed by atoms with E-state index < -0.39 is 0 Å². The Labute approximate surface area is 114 Å². The van der Waals surface area contributed by atoms with Gasteiger partial charge in [0.15, 0.2) is 5.96 Å². The summed E-state index contributed by atoms with van der Waals surface area (Å²) in [7, 11) is 1.37. The molecule has 1 rings (SSSR count). The number of guanidine groups is 1. The fraction of sp³-hybridized carbons (Fsp3) is 0.429. The Morgan fingerprint density at radius 1 is 1.37 bits per heavy atom. The van der Waals surface area contributed by atoms with Gasteiger partial charge in [-0.05, 0) is 31.5 Å². The van der Waals surface area contributed by atoms with E-state index in [1.54, 1.807) is 12.1 Å². The summed E-state index contributed by atoms with van der Waals surface area (Å²) < 4.78 is 4.68. The number of hydrogen-bond donors (Lipinski definition) is 1. The lowest BCUT2D eigenvalue weighted by Gasteiger charge is -2.19. The van der Waals surface area contributed by atoms with Crippen molar-refractivity contribution in [1.29, 1.82) is 0 Å². The molecule has 0 fully saturated rings. The van der Waals surface area contributed by atoms with E-state index in [9.17, 15) is 4.79 Å². The standard InChI is InChI=1S/C14H21N3O2/c1-4-17(5-2)14(15)16-10-11-7-6-8-12(9-11)13(18)19-3/h6-9H,4-5,10H2,1-3H3,(H2,15,16). The van der Waals surface area contributed by atoms with Crippen LogP contribution in [0, 0.1) is 0 Å². The number of ether oxygens (including phenoxy) is 1. The number of nitrogens with zero attached hydrogens (tertiary/aromatic N) is 2. The van der Waals surface area contributed by atoms with Gasteiger partial charge in [-0.25, -0.2) is 9.79 Å². The van der Waals surface area contributed by atoms with Crippen molar-refractivity contribution >= 4 is 11.9 Å². The van der Waals surface area contributed by atoms with Crippen molar-refractivity contribution in [1.82, 2.24) is 4.90 Å². The monoisotopic (exact) mass is 263 g/mol. The van der Waals surface area contributed by atoms with E-state index in [-0.39, 0.29) is 5.97 Å². The quantitative estimate of drug-likeness (QED) is 0.498. The second-order valence-corrected chi connectivity index (χ2v) is 4.04. The topological polar surface area (TPSA) is 67.9 Å². The number of esters is 1. The van der Waals surface area contributed by atoms with Crippen molar-refractivity contribution in [3.8, 4) is 0 Å². The molecule has 0 amide bonds. The number of hydrogen-bond acceptors (Lipinski definition) is 3. The zero-order valence-corrected chi connectivity index (χ0v) is 11.7. The van der Waals surface area contributed by atoms with Gasteiger partial charge in [0.05, 0.1) is 19.2 Å². The summed E-state index contributed by atoms with van der Waals surface area (Å²) >= 11 is 0. The van der Waals surface area contributed by atoms with Crippen LogP contribution < -0.4 is 5.73 Å². The number of carbonyl (C=O) groups is 1. The first kappa shape index (κ1) is 15.0. The number of carbonyl (C=O) groups excluding carboxylic acids is 1. The van der Waals surface area contributed by atoms with Gasteiger partial charge < -0.3 is 15.4 Å². The fourth-order valence-corrected chi connectivity index (χ4v) is 1.73. The Kier molecular flexibility index (Phi) is 5.85. The maximum Gasteiger partial charge on any atom is 0.337 e. The minimum atomic E-state index is -0.345. The Morgan fingerprint density at radius 2 is 2.05 bits per heavy atom. The van der Waals surface area contributed by atoms with Crippen molar-refractivity contribution in [2.45, 2.75) is 20.4 Å². The average Bonchev–Trinajstić information content (AvgIpc) is 2.45. The molecule has 0 bridgehead atoms. The van der Waals surface area contributed by atoms with E-state index in [0.717, 1.165) is 18.7 Å². The largest absolute Gasteiger partial charge is 0.465 e. The number of benzene rings is 1. The maximum atomic E-state index is 11.4. The summed E-state index contributed by atoms with van der Waals surface area (Å²) in [6, 6.07) is 7.20. The van der Waals surface area contributed by atoms with E-state index in [2.05, 4.69) is 9.73 Å². The molecule has 0 radical (unpaired) electrons. The van der Waals surface area contributed by atoms with Gasteiger partial charge in [0.1, 0.15) is 0 Å². The van der Waals surface area contributed by atoms with Crippen LogP contribution in [0.1, 0.15) is 29.8 Å². The molecule has 104 valence electrons. The summed E-state index contributed by atoms with van der Waals surface area (Å²) in [6.45, 7) is 6.17. The van der Waals surface area contributed by atoms with Crippen molar-refractivity contribution in [3.63, 3.8) is 0 Å². The molecule has 0 unspecified atom stereocenters. The lowest BCUT2D eigenvalue weighted by molar-refractivity contribution is 0.0600. The molecule has 0 aliphatic rings. The predicted octanol–water partition coefficient (Wildman–Crippen LogP) is 1.63. The number of methoxy groups -OCH3 is 1. The first-order valence-electron chi connectivity index (χ1n) is 6.34. The molecule has 5 heteroatoms. The lowest BCUT2D eigenvalue weighted by Crippen LogP contribution is -2.37. The lowest BCUT2D eigenvalue weighted by atomic mass is 10.1. The molecular formula is C14H21N3O2. The van der Waals surface area contributed by atoms with Crippen LogP contribution >= 0.6 is 0 Å². The van der Waals surface area contributed by atoms with Crippen molar-refractivity contribution in [3.05, 3.63) is 35.4 Å². The van der Waals surface area contributed by atoms with Gasteiger partial charge in [-0.1, -0.05) is 12.1 Å². The highest BCUT2D eigenvalue weighted by molar-refractivity contribution is 5.89. The molecule has 0 spiro atoms. The Bertz CT molecular complexity index is 454. The van der Waals surface area contributed by atoms with Crippen LogP contribution in [0.5, 0.6) is 0 Å². The third kappa shape index (κ3) is 4.28. The fourth-order valence-electron chi connectivity index (χ4n) is 1.73. The molecule has 1 aromatic carbocycles. The van der Waals surface area contributed by atoms with Gasteiger partial charge in [0.25, 0.3) is 0 Å². The third-order valence-electron chi connectivity index (χ3n) is 2.86. The SMILES string of the molecule is CCN(CC)C(N)=NCc1cccc(C(=O)OC)c1.